The Morgan fingerprint density at radius 3 is 2.45 bits per heavy atom. The maximum atomic E-state index is 11.0. The molecule has 7 heteroatoms. The number of hydrogen-bond acceptors (Lipinski definition) is 5. The Morgan fingerprint density at radius 2 is 1.95 bits per heavy atom. The van der Waals surface area contributed by atoms with Crippen LogP contribution in [0.3, 0.4) is 0 Å². The minimum absolute atomic E-state index is 0. The van der Waals surface area contributed by atoms with Gasteiger partial charge in [0.1, 0.15) is 17.5 Å². The quantitative estimate of drug-likeness (QED) is 0.643. The predicted octanol–water partition coefficient (Wildman–Crippen LogP) is 2.98. The number of non-ortho nitro benzene ring substituents is 1. The third kappa shape index (κ3) is 3.69. The second kappa shape index (κ2) is 6.02. The van der Waals surface area contributed by atoms with Gasteiger partial charge in [-0.2, -0.15) is 0 Å². The van der Waals surface area contributed by atoms with Crippen LogP contribution < -0.4 is 10.1 Å². The molecule has 0 fully saturated rings. The fraction of sp³-hybridized carbons (Fsp3) is 0.600. The molecule has 1 aliphatic rings. The number of aliphatic hydroxyl groups excluding tert-OH is 1. The van der Waals surface area contributed by atoms with Crippen LogP contribution in [0.2, 0.25) is 0 Å². The third-order valence-electron chi connectivity index (χ3n) is 3.53. The maximum Gasteiger partial charge on any atom is 0.270 e. The van der Waals surface area contributed by atoms with Crippen LogP contribution in [0.15, 0.2) is 18.2 Å². The van der Waals surface area contributed by atoms with Crippen molar-refractivity contribution in [2.24, 2.45) is 0 Å². The summed E-state index contributed by atoms with van der Waals surface area (Å²) >= 11 is 0. The lowest BCUT2D eigenvalue weighted by Crippen LogP contribution is -2.55. The van der Waals surface area contributed by atoms with E-state index in [1.54, 1.807) is 19.9 Å². The normalized spacial score (nSPS) is 23.0. The Balaban J connectivity index is 0.00000242. The molecule has 6 nitrogen and oxygen atoms in total. The molecular weight excluding hydrogens is 308 g/mol. The van der Waals surface area contributed by atoms with Gasteiger partial charge < -0.3 is 15.2 Å². The molecule has 22 heavy (non-hydrogen) atoms. The molecule has 1 aliphatic heterocycles. The van der Waals surface area contributed by atoms with E-state index in [9.17, 15) is 15.2 Å². The first-order chi connectivity index (χ1) is 9.51. The third-order valence-corrected chi connectivity index (χ3v) is 3.53. The first-order valence-electron chi connectivity index (χ1n) is 6.94. The molecule has 0 spiro atoms. The molecule has 0 unspecified atom stereocenters. The van der Waals surface area contributed by atoms with E-state index >= 15 is 0 Å². The highest BCUT2D eigenvalue weighted by atomic mass is 35.5. The van der Waals surface area contributed by atoms with E-state index in [0.29, 0.717) is 11.3 Å². The average Bonchev–Trinajstić information content (AvgIpc) is 2.32. The molecule has 1 aromatic rings. The van der Waals surface area contributed by atoms with Gasteiger partial charge in [-0.05, 0) is 40.7 Å². The summed E-state index contributed by atoms with van der Waals surface area (Å²) in [7, 11) is 0. The van der Waals surface area contributed by atoms with Crippen molar-refractivity contribution in [1.29, 1.82) is 0 Å². The van der Waals surface area contributed by atoms with Crippen molar-refractivity contribution in [2.75, 3.05) is 0 Å². The zero-order valence-electron chi connectivity index (χ0n) is 13.4. The van der Waals surface area contributed by atoms with Gasteiger partial charge in [-0.15, -0.1) is 12.4 Å². The van der Waals surface area contributed by atoms with Crippen LogP contribution in [-0.4, -0.2) is 27.3 Å². The maximum absolute atomic E-state index is 11.0. The van der Waals surface area contributed by atoms with Gasteiger partial charge in [-0.25, -0.2) is 0 Å². The molecule has 0 aromatic heterocycles. The predicted molar refractivity (Wildman–Crippen MR) is 86.7 cm³/mol. The molecule has 2 N–H and O–H groups in total. The summed E-state index contributed by atoms with van der Waals surface area (Å²) in [6.07, 6.45) is -0.814. The summed E-state index contributed by atoms with van der Waals surface area (Å²) in [5, 5.41) is 24.9. The van der Waals surface area contributed by atoms with Crippen molar-refractivity contribution in [1.82, 2.24) is 5.32 Å². The Bertz CT molecular complexity index is 569. The summed E-state index contributed by atoms with van der Waals surface area (Å²) in [6, 6.07) is 4.06. The number of rotatable bonds is 2. The summed E-state index contributed by atoms with van der Waals surface area (Å²) < 4.78 is 5.80. The summed E-state index contributed by atoms with van der Waals surface area (Å²) in [4.78, 5) is 10.5. The number of fused-ring (bicyclic) bond motifs is 1. The molecule has 124 valence electrons. The van der Waals surface area contributed by atoms with E-state index in [1.807, 2.05) is 20.8 Å². The van der Waals surface area contributed by atoms with E-state index in [0.717, 1.165) is 0 Å². The second-order valence-electron chi connectivity index (χ2n) is 7.00. The van der Waals surface area contributed by atoms with Gasteiger partial charge in [0, 0.05) is 23.2 Å². The molecule has 0 radical (unpaired) electrons. The molecule has 2 atom stereocenters. The van der Waals surface area contributed by atoms with Gasteiger partial charge in [0.25, 0.3) is 5.69 Å². The number of halogens is 1. The van der Waals surface area contributed by atoms with E-state index in [4.69, 9.17) is 4.74 Å². The smallest absolute Gasteiger partial charge is 0.270 e. The molecule has 0 saturated carbocycles. The topological polar surface area (TPSA) is 84.6 Å². The first kappa shape index (κ1) is 18.7. The number of hydrogen-bond donors (Lipinski definition) is 2. The minimum atomic E-state index is -0.814. The number of nitro groups is 1. The van der Waals surface area contributed by atoms with Crippen LogP contribution in [0.5, 0.6) is 5.75 Å². The monoisotopic (exact) mass is 330 g/mol. The van der Waals surface area contributed by atoms with Gasteiger partial charge in [0.2, 0.25) is 0 Å². The second-order valence-corrected chi connectivity index (χ2v) is 7.00. The van der Waals surface area contributed by atoms with Gasteiger partial charge in [0.05, 0.1) is 11.0 Å². The highest BCUT2D eigenvalue weighted by Gasteiger charge is 2.44. The molecule has 0 saturated heterocycles. The number of nitro benzene ring substituents is 1. The molecular formula is C15H23ClN2O4. The zero-order valence-corrected chi connectivity index (χ0v) is 14.2. The van der Waals surface area contributed by atoms with Crippen LogP contribution in [0, 0.1) is 10.1 Å². The number of ether oxygens (including phenoxy) is 1. The van der Waals surface area contributed by atoms with Crippen LogP contribution in [0.4, 0.5) is 5.69 Å². The number of benzene rings is 1. The van der Waals surface area contributed by atoms with Gasteiger partial charge in [-0.1, -0.05) is 0 Å². The van der Waals surface area contributed by atoms with Crippen LogP contribution in [-0.2, 0) is 0 Å². The Hall–Kier alpha value is -1.37. The summed E-state index contributed by atoms with van der Waals surface area (Å²) in [5.41, 5.74) is -0.413. The molecule has 1 aromatic carbocycles. The zero-order chi connectivity index (χ0) is 16.0. The highest BCUT2D eigenvalue weighted by molar-refractivity contribution is 5.85. The lowest BCUT2D eigenvalue weighted by Gasteiger charge is -2.44. The van der Waals surface area contributed by atoms with Crippen LogP contribution >= 0.6 is 12.4 Å². The molecule has 1 heterocycles. The average molecular weight is 331 g/mol. The van der Waals surface area contributed by atoms with Crippen molar-refractivity contribution < 1.29 is 14.8 Å². The van der Waals surface area contributed by atoms with Crippen molar-refractivity contribution in [3.05, 3.63) is 33.9 Å². The Labute approximate surface area is 136 Å². The SMILES string of the molecule is CC(C)(C)N[C@H]1c2cc([N+](=O)[O-])ccc2OC(C)(C)[C@@H]1O.Cl. The minimum Gasteiger partial charge on any atom is -0.485 e. The van der Waals surface area contributed by atoms with Crippen molar-refractivity contribution >= 4 is 18.1 Å². The number of aliphatic hydroxyl groups is 1. The molecule has 2 rings (SSSR count). The number of nitrogens with one attached hydrogen (secondary N) is 1. The van der Waals surface area contributed by atoms with Crippen LogP contribution in [0.25, 0.3) is 0 Å². The van der Waals surface area contributed by atoms with E-state index in [1.165, 1.54) is 12.1 Å². The standard InChI is InChI=1S/C15H22N2O4.ClH/c1-14(2,3)16-12-10-8-9(17(19)20)6-7-11(10)21-15(4,5)13(12)18;/h6-8,12-13,16,18H,1-5H3;1H/t12-,13+;/m0./s1. The van der Waals surface area contributed by atoms with Crippen molar-refractivity contribution in [2.45, 2.75) is 57.9 Å². The summed E-state index contributed by atoms with van der Waals surface area (Å²) in [6.45, 7) is 9.57. The fourth-order valence-electron chi connectivity index (χ4n) is 2.52. The Kier molecular flexibility index (Phi) is 5.11. The highest BCUT2D eigenvalue weighted by Crippen LogP contribution is 2.42. The van der Waals surface area contributed by atoms with Crippen molar-refractivity contribution in [3.63, 3.8) is 0 Å². The van der Waals surface area contributed by atoms with E-state index < -0.39 is 22.7 Å². The molecule has 0 aliphatic carbocycles. The number of nitrogens with zero attached hydrogens (tertiary/aromatic N) is 1. The van der Waals surface area contributed by atoms with Crippen molar-refractivity contribution in [3.8, 4) is 5.75 Å². The van der Waals surface area contributed by atoms with Crippen LogP contribution in [0.1, 0.15) is 46.2 Å². The van der Waals surface area contributed by atoms with Gasteiger partial charge in [0.15, 0.2) is 0 Å². The van der Waals surface area contributed by atoms with E-state index in [2.05, 4.69) is 5.32 Å². The Morgan fingerprint density at radius 1 is 1.36 bits per heavy atom. The van der Waals surface area contributed by atoms with E-state index in [-0.39, 0.29) is 23.6 Å². The van der Waals surface area contributed by atoms with Gasteiger partial charge >= 0.3 is 0 Å². The lowest BCUT2D eigenvalue weighted by molar-refractivity contribution is -0.385. The largest absolute Gasteiger partial charge is 0.485 e. The molecule has 0 bridgehead atoms. The lowest BCUT2D eigenvalue weighted by atomic mass is 9.85. The van der Waals surface area contributed by atoms with Gasteiger partial charge in [-0.3, -0.25) is 10.1 Å². The summed E-state index contributed by atoms with van der Waals surface area (Å²) in [5.74, 6) is 0.567. The molecule has 0 amide bonds. The fourth-order valence-corrected chi connectivity index (χ4v) is 2.52. The first-order valence-corrected chi connectivity index (χ1v) is 6.94.